The minimum atomic E-state index is -4.99. The molecule has 1 fully saturated rings. The second kappa shape index (κ2) is 12.3. The number of carboxylic acid groups (broad SMARTS) is 1. The first kappa shape index (κ1) is 30.0. The van der Waals surface area contributed by atoms with Crippen molar-refractivity contribution >= 4 is 40.9 Å². The first-order chi connectivity index (χ1) is 19.4. The molecule has 0 aliphatic heterocycles. The largest absolute Gasteiger partial charge is 0.481 e. The number of nitriles is 1. The van der Waals surface area contributed by atoms with Crippen molar-refractivity contribution in [2.75, 3.05) is 6.54 Å². The predicted octanol–water partition coefficient (Wildman–Crippen LogP) is 5.82. The fourth-order valence-electron chi connectivity index (χ4n) is 4.91. The van der Waals surface area contributed by atoms with Gasteiger partial charge in [-0.1, -0.05) is 35.3 Å². The molecule has 3 aromatic rings. The minimum absolute atomic E-state index is 0.0952. The number of aromatic nitrogens is 3. The Kier molecular flexibility index (Phi) is 8.99. The van der Waals surface area contributed by atoms with Crippen LogP contribution >= 0.6 is 23.2 Å². The number of rotatable bonds is 8. The van der Waals surface area contributed by atoms with Gasteiger partial charge in [0.15, 0.2) is 11.5 Å². The van der Waals surface area contributed by atoms with Gasteiger partial charge in [0.2, 0.25) is 0 Å². The molecule has 0 bridgehead atoms. The van der Waals surface area contributed by atoms with E-state index in [0.29, 0.717) is 5.56 Å². The second-order valence-corrected chi connectivity index (χ2v) is 10.4. The van der Waals surface area contributed by atoms with Gasteiger partial charge < -0.3 is 10.0 Å². The second-order valence-electron chi connectivity index (χ2n) is 9.57. The normalized spacial score (nSPS) is 17.1. The van der Waals surface area contributed by atoms with E-state index in [0.717, 1.165) is 15.8 Å². The molecule has 1 aliphatic rings. The lowest BCUT2D eigenvalue weighted by atomic mass is 9.86. The van der Waals surface area contributed by atoms with Crippen LogP contribution in [0.2, 0.25) is 10.0 Å². The first-order valence-electron chi connectivity index (χ1n) is 12.4. The van der Waals surface area contributed by atoms with E-state index in [1.807, 2.05) is 6.07 Å². The lowest BCUT2D eigenvalue weighted by Gasteiger charge is -2.28. The molecule has 41 heavy (non-hydrogen) atoms. The van der Waals surface area contributed by atoms with Crippen LogP contribution in [-0.4, -0.2) is 49.0 Å². The van der Waals surface area contributed by atoms with Gasteiger partial charge in [-0.25, -0.2) is 0 Å². The van der Waals surface area contributed by atoms with Crippen LogP contribution in [0.25, 0.3) is 0 Å². The van der Waals surface area contributed by atoms with Gasteiger partial charge in [-0.05, 0) is 43.4 Å². The summed E-state index contributed by atoms with van der Waals surface area (Å²) in [6, 6.07) is 7.26. The third-order valence-corrected chi connectivity index (χ3v) is 7.44. The van der Waals surface area contributed by atoms with E-state index in [1.54, 1.807) is 12.1 Å². The topological polar surface area (TPSA) is 129 Å². The summed E-state index contributed by atoms with van der Waals surface area (Å²) in [7, 11) is 0. The van der Waals surface area contributed by atoms with E-state index < -0.39 is 53.6 Å². The van der Waals surface area contributed by atoms with Gasteiger partial charge in [-0.2, -0.15) is 23.5 Å². The maximum Gasteiger partial charge on any atom is 0.433 e. The van der Waals surface area contributed by atoms with E-state index in [-0.39, 0.29) is 53.4 Å². The zero-order valence-electron chi connectivity index (χ0n) is 21.2. The van der Waals surface area contributed by atoms with Crippen molar-refractivity contribution in [3.05, 3.63) is 80.8 Å². The highest BCUT2D eigenvalue weighted by Crippen LogP contribution is 2.39. The van der Waals surface area contributed by atoms with Gasteiger partial charge in [0.25, 0.3) is 5.91 Å². The summed E-state index contributed by atoms with van der Waals surface area (Å²) in [5, 5.41) is 22.2. The molecule has 9 nitrogen and oxygen atoms in total. The number of benzene rings is 1. The number of amides is 1. The fourth-order valence-corrected chi connectivity index (χ4v) is 5.48. The highest BCUT2D eigenvalue weighted by atomic mass is 35.5. The van der Waals surface area contributed by atoms with E-state index in [4.69, 9.17) is 23.2 Å². The van der Waals surface area contributed by atoms with Gasteiger partial charge in [-0.15, -0.1) is 0 Å². The van der Waals surface area contributed by atoms with Crippen molar-refractivity contribution in [1.82, 2.24) is 19.7 Å². The van der Waals surface area contributed by atoms with Crippen molar-refractivity contribution in [2.24, 2.45) is 5.92 Å². The summed E-state index contributed by atoms with van der Waals surface area (Å²) in [5.41, 5.74) is -1.56. The van der Waals surface area contributed by atoms with Gasteiger partial charge >= 0.3 is 12.1 Å². The predicted molar refractivity (Wildman–Crippen MR) is 140 cm³/mol. The van der Waals surface area contributed by atoms with Crippen molar-refractivity contribution in [3.8, 4) is 6.07 Å². The maximum atomic E-state index is 14.4. The highest BCUT2D eigenvalue weighted by Gasteiger charge is 2.43. The summed E-state index contributed by atoms with van der Waals surface area (Å²) in [6.07, 6.45) is -1.21. The Hall–Kier alpha value is -3.95. The van der Waals surface area contributed by atoms with Gasteiger partial charge in [0, 0.05) is 18.9 Å². The molecule has 1 amide bonds. The molecule has 2 heterocycles. The summed E-state index contributed by atoms with van der Waals surface area (Å²) in [6.45, 7) is -1.00. The summed E-state index contributed by atoms with van der Waals surface area (Å²) in [5.74, 6) is -3.53. The van der Waals surface area contributed by atoms with Crippen molar-refractivity contribution in [3.63, 3.8) is 0 Å². The summed E-state index contributed by atoms with van der Waals surface area (Å²) in [4.78, 5) is 43.0. The number of halogens is 5. The Bertz CT molecular complexity index is 1510. The molecule has 0 saturated heterocycles. The zero-order chi connectivity index (χ0) is 29.9. The molecule has 1 saturated carbocycles. The van der Waals surface area contributed by atoms with Crippen molar-refractivity contribution < 1.29 is 32.7 Å². The van der Waals surface area contributed by atoms with Crippen LogP contribution in [0.3, 0.4) is 0 Å². The number of hydrogen-bond donors (Lipinski definition) is 1. The molecule has 214 valence electrons. The number of Topliss-reactive ketones (excluding diaryl/α,β-unsaturated/α-hetero) is 1. The van der Waals surface area contributed by atoms with Gasteiger partial charge in [0.1, 0.15) is 0 Å². The SMILES string of the molecule is N#Cc1cccc(CN(CC(=O)c2c(Cl)cncc2Cl)C(=O)c2cnn(C3CCC(C(=O)O)CC3)c2C(F)(F)F)c1. The average molecular weight is 608 g/mol. The Morgan fingerprint density at radius 2 is 1.76 bits per heavy atom. The van der Waals surface area contributed by atoms with Crippen molar-refractivity contribution in [2.45, 2.75) is 44.4 Å². The van der Waals surface area contributed by atoms with Gasteiger partial charge in [0.05, 0.1) is 57.5 Å². The van der Waals surface area contributed by atoms with E-state index in [2.05, 4.69) is 10.1 Å². The average Bonchev–Trinajstić information content (AvgIpc) is 3.38. The van der Waals surface area contributed by atoms with Crippen LogP contribution in [0.4, 0.5) is 13.2 Å². The van der Waals surface area contributed by atoms with Crippen LogP contribution in [0, 0.1) is 17.2 Å². The molecule has 0 unspecified atom stereocenters. The third-order valence-electron chi connectivity index (χ3n) is 6.87. The van der Waals surface area contributed by atoms with E-state index >= 15 is 0 Å². The van der Waals surface area contributed by atoms with Crippen LogP contribution < -0.4 is 0 Å². The molecule has 1 aromatic carbocycles. The quantitative estimate of drug-likeness (QED) is 0.319. The monoisotopic (exact) mass is 607 g/mol. The summed E-state index contributed by atoms with van der Waals surface area (Å²) >= 11 is 12.2. The first-order valence-corrected chi connectivity index (χ1v) is 13.1. The Morgan fingerprint density at radius 1 is 1.10 bits per heavy atom. The number of aliphatic carboxylic acids is 1. The standard InChI is InChI=1S/C27H22Cl2F3N5O4/c28-20-11-34-12-21(29)23(20)22(38)14-36(13-16-3-1-2-15(8-16)9-33)25(39)19-10-35-37(24(19)27(30,31)32)18-6-4-17(5-7-18)26(40)41/h1-3,8,10-12,17-18H,4-7,13-14H2,(H,40,41). The molecule has 1 N–H and O–H groups in total. The number of carbonyl (C=O) groups is 3. The molecule has 14 heteroatoms. The lowest BCUT2D eigenvalue weighted by Crippen LogP contribution is -2.37. The molecule has 2 aromatic heterocycles. The number of nitrogens with zero attached hydrogens (tertiary/aromatic N) is 5. The molecule has 0 spiro atoms. The van der Waals surface area contributed by atoms with Crippen LogP contribution in [-0.2, 0) is 17.5 Å². The number of alkyl halides is 3. The molecule has 0 atom stereocenters. The number of ketones is 1. The fraction of sp³-hybridized carbons (Fsp3) is 0.333. The van der Waals surface area contributed by atoms with Crippen LogP contribution in [0.1, 0.15) is 69.3 Å². The zero-order valence-corrected chi connectivity index (χ0v) is 22.7. The number of carboxylic acids is 1. The van der Waals surface area contributed by atoms with Crippen LogP contribution in [0.5, 0.6) is 0 Å². The van der Waals surface area contributed by atoms with Gasteiger partial charge in [-0.3, -0.25) is 24.0 Å². The maximum absolute atomic E-state index is 14.4. The highest BCUT2D eigenvalue weighted by molar-refractivity contribution is 6.39. The lowest BCUT2D eigenvalue weighted by molar-refractivity contribution is -0.147. The number of hydrogen-bond acceptors (Lipinski definition) is 6. The smallest absolute Gasteiger partial charge is 0.433 e. The Morgan fingerprint density at radius 3 is 2.34 bits per heavy atom. The third kappa shape index (κ3) is 6.69. The van der Waals surface area contributed by atoms with E-state index in [1.165, 1.54) is 24.5 Å². The summed E-state index contributed by atoms with van der Waals surface area (Å²) < 4.78 is 44.0. The molecule has 4 rings (SSSR count). The molecular weight excluding hydrogens is 586 g/mol. The molecule has 0 radical (unpaired) electrons. The molecular formula is C27H22Cl2F3N5O4. The Balaban J connectivity index is 1.72. The van der Waals surface area contributed by atoms with Crippen LogP contribution in [0.15, 0.2) is 42.9 Å². The van der Waals surface area contributed by atoms with Crippen molar-refractivity contribution in [1.29, 1.82) is 5.26 Å². The number of carbonyl (C=O) groups excluding carboxylic acids is 2. The molecule has 1 aliphatic carbocycles. The minimum Gasteiger partial charge on any atom is -0.481 e. The number of pyridine rings is 1. The Labute approximate surface area is 242 Å². The van der Waals surface area contributed by atoms with E-state index in [9.17, 15) is 37.9 Å².